The predicted molar refractivity (Wildman–Crippen MR) is 139 cm³/mol. The average Bonchev–Trinajstić information content (AvgIpc) is 2.89. The zero-order valence-electron chi connectivity index (χ0n) is 19.4. The van der Waals surface area contributed by atoms with E-state index in [4.69, 9.17) is 9.72 Å². The van der Waals surface area contributed by atoms with Crippen LogP contribution < -0.4 is 15.5 Å². The van der Waals surface area contributed by atoms with Crippen LogP contribution in [-0.2, 0) is 9.53 Å². The van der Waals surface area contributed by atoms with E-state index in [-0.39, 0.29) is 5.91 Å². The first-order chi connectivity index (χ1) is 17.2. The van der Waals surface area contributed by atoms with Gasteiger partial charge in [-0.2, -0.15) is 0 Å². The molecule has 1 fully saturated rings. The van der Waals surface area contributed by atoms with E-state index in [1.807, 2.05) is 42.5 Å². The van der Waals surface area contributed by atoms with Gasteiger partial charge in [-0.15, -0.1) is 0 Å². The molecule has 1 aliphatic rings. The van der Waals surface area contributed by atoms with Crippen LogP contribution in [0.2, 0.25) is 0 Å². The molecule has 8 nitrogen and oxygen atoms in total. The molecule has 0 spiro atoms. The lowest BCUT2D eigenvalue weighted by atomic mass is 10.1. The number of carbonyl (C=O) groups excluding carboxylic acids is 1. The normalized spacial score (nSPS) is 13.8. The lowest BCUT2D eigenvalue weighted by Gasteiger charge is -2.28. The highest BCUT2D eigenvalue weighted by molar-refractivity contribution is 6.00. The number of pyridine rings is 1. The van der Waals surface area contributed by atoms with Crippen molar-refractivity contribution in [3.8, 4) is 11.3 Å². The Bertz CT molecular complexity index is 1360. The topological polar surface area (TPSA) is 92.3 Å². The van der Waals surface area contributed by atoms with Crippen LogP contribution in [0.15, 0.2) is 79.1 Å². The van der Waals surface area contributed by atoms with E-state index in [9.17, 15) is 4.79 Å². The van der Waals surface area contributed by atoms with Gasteiger partial charge in [0.25, 0.3) is 0 Å². The number of aromatic nitrogens is 3. The van der Waals surface area contributed by atoms with Crippen molar-refractivity contribution in [2.75, 3.05) is 41.8 Å². The number of hydrogen-bond donors (Lipinski definition) is 2. The van der Waals surface area contributed by atoms with Gasteiger partial charge in [-0.3, -0.25) is 9.78 Å². The summed E-state index contributed by atoms with van der Waals surface area (Å²) in [6, 6.07) is 17.7. The van der Waals surface area contributed by atoms with Crippen molar-refractivity contribution in [3.63, 3.8) is 0 Å². The zero-order valence-corrected chi connectivity index (χ0v) is 19.4. The number of anilines is 4. The number of nitrogens with one attached hydrogen (secondary N) is 2. The highest BCUT2D eigenvalue weighted by Gasteiger charge is 2.12. The Balaban J connectivity index is 1.40. The van der Waals surface area contributed by atoms with Gasteiger partial charge in [0.2, 0.25) is 11.9 Å². The second-order valence-electron chi connectivity index (χ2n) is 8.13. The fourth-order valence-electron chi connectivity index (χ4n) is 4.01. The summed E-state index contributed by atoms with van der Waals surface area (Å²) in [7, 11) is 0. The standard InChI is InChI=1S/C27H26N6O2/c1-2-4-24(34)30-22-6-3-5-19(17-22)25-26-20(11-12-28-25)18-29-27(32-26)31-21-7-9-23(10-8-21)33-13-15-35-16-14-33/h2-12,17-18H,13-16H2,1H3,(H,30,34)(H,29,31,32)/b4-2+. The summed E-state index contributed by atoms with van der Waals surface area (Å²) in [4.78, 5) is 28.1. The molecule has 4 aromatic rings. The Kier molecular flexibility index (Phi) is 6.63. The maximum atomic E-state index is 12.0. The minimum Gasteiger partial charge on any atom is -0.378 e. The summed E-state index contributed by atoms with van der Waals surface area (Å²) in [6.45, 7) is 5.12. The number of nitrogens with zero attached hydrogens (tertiary/aromatic N) is 4. The maximum Gasteiger partial charge on any atom is 0.248 e. The molecule has 0 radical (unpaired) electrons. The van der Waals surface area contributed by atoms with Crippen molar-refractivity contribution in [2.24, 2.45) is 0 Å². The number of allylic oxidation sites excluding steroid dienone is 1. The van der Waals surface area contributed by atoms with Gasteiger partial charge in [0.1, 0.15) is 5.52 Å². The summed E-state index contributed by atoms with van der Waals surface area (Å²) in [5, 5.41) is 7.04. The van der Waals surface area contributed by atoms with Gasteiger partial charge in [-0.1, -0.05) is 18.2 Å². The van der Waals surface area contributed by atoms with Crippen molar-refractivity contribution in [3.05, 3.63) is 79.1 Å². The van der Waals surface area contributed by atoms with Crippen molar-refractivity contribution in [1.82, 2.24) is 15.0 Å². The van der Waals surface area contributed by atoms with Crippen molar-refractivity contribution >= 4 is 39.8 Å². The third kappa shape index (κ3) is 5.28. The third-order valence-electron chi connectivity index (χ3n) is 5.72. The molecule has 2 N–H and O–H groups in total. The minimum absolute atomic E-state index is 0.177. The predicted octanol–water partition coefficient (Wildman–Crippen LogP) is 4.79. The third-order valence-corrected chi connectivity index (χ3v) is 5.72. The molecule has 0 unspecified atom stereocenters. The van der Waals surface area contributed by atoms with E-state index in [2.05, 4.69) is 37.6 Å². The summed E-state index contributed by atoms with van der Waals surface area (Å²) in [5.41, 5.74) is 5.07. The number of carbonyl (C=O) groups is 1. The number of hydrogen-bond acceptors (Lipinski definition) is 7. The van der Waals surface area contributed by atoms with E-state index < -0.39 is 0 Å². The van der Waals surface area contributed by atoms with Crippen LogP contribution in [0.5, 0.6) is 0 Å². The fraction of sp³-hybridized carbons (Fsp3) is 0.185. The smallest absolute Gasteiger partial charge is 0.248 e. The first-order valence-corrected chi connectivity index (χ1v) is 11.6. The van der Waals surface area contributed by atoms with Gasteiger partial charge in [-0.05, 0) is 55.5 Å². The second kappa shape index (κ2) is 10.3. The van der Waals surface area contributed by atoms with E-state index >= 15 is 0 Å². The van der Waals surface area contributed by atoms with Crippen LogP contribution in [0.4, 0.5) is 23.0 Å². The molecular weight excluding hydrogens is 440 g/mol. The Morgan fingerprint density at radius 1 is 1.03 bits per heavy atom. The number of ether oxygens (including phenoxy) is 1. The number of amides is 1. The van der Waals surface area contributed by atoms with E-state index in [0.717, 1.165) is 54.2 Å². The van der Waals surface area contributed by atoms with Gasteiger partial charge in [0.05, 0.1) is 18.9 Å². The molecular formula is C27H26N6O2. The Labute approximate surface area is 203 Å². The number of fused-ring (bicyclic) bond motifs is 1. The van der Waals surface area contributed by atoms with Gasteiger partial charge >= 0.3 is 0 Å². The van der Waals surface area contributed by atoms with Gasteiger partial charge in [-0.25, -0.2) is 9.97 Å². The minimum atomic E-state index is -0.177. The van der Waals surface area contributed by atoms with Crippen LogP contribution in [0.1, 0.15) is 6.92 Å². The Morgan fingerprint density at radius 2 is 1.86 bits per heavy atom. The van der Waals surface area contributed by atoms with Crippen LogP contribution in [0.3, 0.4) is 0 Å². The lowest BCUT2D eigenvalue weighted by Crippen LogP contribution is -2.36. The molecule has 1 saturated heterocycles. The Morgan fingerprint density at radius 3 is 2.66 bits per heavy atom. The lowest BCUT2D eigenvalue weighted by molar-refractivity contribution is -0.111. The first-order valence-electron chi connectivity index (χ1n) is 11.6. The second-order valence-corrected chi connectivity index (χ2v) is 8.13. The monoisotopic (exact) mass is 466 g/mol. The maximum absolute atomic E-state index is 12.0. The van der Waals surface area contributed by atoms with Crippen molar-refractivity contribution < 1.29 is 9.53 Å². The van der Waals surface area contributed by atoms with E-state index in [1.54, 1.807) is 25.4 Å². The molecule has 2 aromatic carbocycles. The molecule has 8 heteroatoms. The molecule has 2 aromatic heterocycles. The summed E-state index contributed by atoms with van der Waals surface area (Å²) in [5.74, 6) is 0.312. The Hall–Kier alpha value is -4.30. The fourth-order valence-corrected chi connectivity index (χ4v) is 4.01. The molecule has 0 atom stereocenters. The van der Waals surface area contributed by atoms with Crippen LogP contribution in [-0.4, -0.2) is 47.2 Å². The zero-order chi connectivity index (χ0) is 24.0. The van der Waals surface area contributed by atoms with Crippen LogP contribution in [0.25, 0.3) is 22.2 Å². The molecule has 5 rings (SSSR count). The van der Waals surface area contributed by atoms with E-state index in [1.165, 1.54) is 11.8 Å². The highest BCUT2D eigenvalue weighted by Crippen LogP contribution is 2.28. The number of benzene rings is 2. The molecule has 176 valence electrons. The molecule has 35 heavy (non-hydrogen) atoms. The van der Waals surface area contributed by atoms with Crippen molar-refractivity contribution in [1.29, 1.82) is 0 Å². The van der Waals surface area contributed by atoms with Gasteiger partial charge in [0.15, 0.2) is 0 Å². The summed E-state index contributed by atoms with van der Waals surface area (Å²) >= 11 is 0. The summed E-state index contributed by atoms with van der Waals surface area (Å²) < 4.78 is 5.44. The van der Waals surface area contributed by atoms with E-state index in [0.29, 0.717) is 11.6 Å². The highest BCUT2D eigenvalue weighted by atomic mass is 16.5. The quantitative estimate of drug-likeness (QED) is 0.395. The molecule has 1 amide bonds. The van der Waals surface area contributed by atoms with Crippen LogP contribution >= 0.6 is 0 Å². The molecule has 0 saturated carbocycles. The molecule has 0 bridgehead atoms. The number of morpholine rings is 1. The van der Waals surface area contributed by atoms with Gasteiger partial charge < -0.3 is 20.3 Å². The molecule has 1 aliphatic heterocycles. The van der Waals surface area contributed by atoms with Crippen LogP contribution in [0, 0.1) is 0 Å². The SMILES string of the molecule is C/C=C/C(=O)Nc1cccc(-c2nccc3cnc(Nc4ccc(N5CCOCC5)cc4)nc23)c1. The average molecular weight is 467 g/mol. The first kappa shape index (κ1) is 22.5. The van der Waals surface area contributed by atoms with Crippen molar-refractivity contribution in [2.45, 2.75) is 6.92 Å². The summed E-state index contributed by atoms with van der Waals surface area (Å²) in [6.07, 6.45) is 6.72. The number of rotatable bonds is 6. The molecule has 0 aliphatic carbocycles. The molecule has 3 heterocycles. The van der Waals surface area contributed by atoms with Gasteiger partial charge in [0, 0.05) is 53.5 Å². The largest absolute Gasteiger partial charge is 0.378 e.